The summed E-state index contributed by atoms with van der Waals surface area (Å²) in [4.78, 5) is 45.2. The number of carbonyl (C=O) groups excluding carboxylic acids is 4. The maximum absolute atomic E-state index is 11.3. The van der Waals surface area contributed by atoms with Crippen molar-refractivity contribution in [2.24, 2.45) is 0 Å². The number of carbonyl (C=O) groups is 4. The van der Waals surface area contributed by atoms with Gasteiger partial charge in [-0.05, 0) is 103 Å². The smallest absolute Gasteiger partial charge is 0.789 e. The largest absolute Gasteiger partial charge is 2.00 e. The van der Waals surface area contributed by atoms with Gasteiger partial charge in [0.25, 0.3) is 0 Å². The van der Waals surface area contributed by atoms with E-state index in [0.717, 1.165) is 51.4 Å². The summed E-state index contributed by atoms with van der Waals surface area (Å²) >= 11 is 19.0. The maximum Gasteiger partial charge on any atom is 2.00 e. The molecule has 0 heterocycles. The van der Waals surface area contributed by atoms with Gasteiger partial charge in [0, 0.05) is 25.7 Å². The van der Waals surface area contributed by atoms with E-state index in [-0.39, 0.29) is 100 Å². The SMILES string of the molecule is C.C.CCCCCCCCCCCCCCCCC/C=C/CCCC(=O)OCC[S-].CCCCCCCCCCCCCCCCC/C=C/CCCC(=O)OCC[S-].CCCCCCCCCCCCCCCCC/C=C/CCCC(=O)OCC[S-].CCCCCCCCCCCCCCCCC/C=C/CCCC(=O)OCC[S-].S.[Sn+2].[Sn+2]. The molecule has 0 saturated carbocycles. The second-order valence-electron chi connectivity index (χ2n) is 32.1. The van der Waals surface area contributed by atoms with E-state index in [4.69, 9.17) is 69.5 Å². The van der Waals surface area contributed by atoms with Crippen LogP contribution in [-0.4, -0.2) is 121 Å². The number of esters is 4. The van der Waals surface area contributed by atoms with Crippen LogP contribution in [0.4, 0.5) is 0 Å². The van der Waals surface area contributed by atoms with Gasteiger partial charge >= 0.3 is 71.7 Å². The van der Waals surface area contributed by atoms with Gasteiger partial charge in [-0.25, -0.2) is 0 Å². The molecular weight excluding hydrogens is 1750 g/mol. The van der Waals surface area contributed by atoms with Gasteiger partial charge in [0.05, 0.1) is 26.4 Å². The average molecular weight is 1950 g/mol. The summed E-state index contributed by atoms with van der Waals surface area (Å²) in [6.45, 7) is 10.7. The van der Waals surface area contributed by atoms with Crippen molar-refractivity contribution in [3.63, 3.8) is 0 Å². The Kier molecular flexibility index (Phi) is 152. The maximum atomic E-state index is 11.3. The van der Waals surface area contributed by atoms with Gasteiger partial charge in [0.1, 0.15) is 0 Å². The number of ether oxygens (including phenoxy) is 4. The number of allylic oxidation sites excluding steroid dienone is 8. The molecule has 0 spiro atoms. The fraction of sp³-hybridized carbons (Fsp3) is 0.882. The quantitative estimate of drug-likeness (QED) is 0.0145. The Morgan fingerprint density at radius 2 is 0.291 bits per heavy atom. The van der Waals surface area contributed by atoms with Crippen LogP contribution in [0.25, 0.3) is 0 Å². The average Bonchev–Trinajstić information content (AvgIpc) is 1.08. The fourth-order valence-electron chi connectivity index (χ4n) is 13.8. The minimum Gasteiger partial charge on any atom is -0.789 e. The van der Waals surface area contributed by atoms with Crippen molar-refractivity contribution in [2.45, 2.75) is 531 Å². The first-order chi connectivity index (χ1) is 55.2. The second-order valence-corrected chi connectivity index (χ2v) is 33.7. The van der Waals surface area contributed by atoms with E-state index in [1.807, 2.05) is 0 Å². The van der Waals surface area contributed by atoms with Crippen LogP contribution in [0.1, 0.15) is 531 Å². The zero-order valence-electron chi connectivity index (χ0n) is 76.4. The molecule has 0 rings (SSSR count). The predicted molar refractivity (Wildman–Crippen MR) is 538 cm³/mol. The van der Waals surface area contributed by atoms with E-state index in [1.54, 1.807) is 0 Å². The standard InChI is InChI=1S/4C25H48O2S.2CH4.H2S.2Sn/c4*1-2-3-4-5-6-7-8-9-10-11-12-13-14-15-16-17-18-19-20-21-22-25(26)27-23-24-28;;;;;/h4*18-19,28H,2-17,20-24H2,1H3;2*1H4;1H2;;/q;;;;;;;2*+2/p-4/b4*19-18+;;;;;. The van der Waals surface area contributed by atoms with Crippen LogP contribution in [0.5, 0.6) is 0 Å². The predicted octanol–water partition coefficient (Wildman–Crippen LogP) is 32.9. The van der Waals surface area contributed by atoms with Crippen molar-refractivity contribution >= 4 is 136 Å². The molecule has 0 fully saturated rings. The van der Waals surface area contributed by atoms with Crippen molar-refractivity contribution < 1.29 is 38.1 Å². The van der Waals surface area contributed by atoms with E-state index in [1.165, 1.54) is 411 Å². The van der Waals surface area contributed by atoms with Gasteiger partial charge in [-0.3, -0.25) is 19.2 Å². The molecule has 692 valence electrons. The fourth-order valence-corrected chi connectivity index (χ4v) is 14.2. The van der Waals surface area contributed by atoms with Gasteiger partial charge in [0.15, 0.2) is 0 Å². The molecule has 0 N–H and O–H groups in total. The van der Waals surface area contributed by atoms with Crippen molar-refractivity contribution in [3.05, 3.63) is 48.6 Å². The number of unbranched alkanes of at least 4 members (excludes halogenated alkanes) is 64. The Labute approximate surface area is 795 Å². The van der Waals surface area contributed by atoms with E-state index >= 15 is 0 Å². The van der Waals surface area contributed by atoms with Crippen LogP contribution in [0.3, 0.4) is 0 Å². The molecular formula is C102H198O8S5Sn2. The first-order valence-electron chi connectivity index (χ1n) is 48.8. The molecule has 0 atom stereocenters. The molecule has 0 bridgehead atoms. The number of hydrogen-bond donors (Lipinski definition) is 0. The summed E-state index contributed by atoms with van der Waals surface area (Å²) in [5, 5.41) is 0. The van der Waals surface area contributed by atoms with Crippen molar-refractivity contribution in [2.75, 3.05) is 49.4 Å². The molecule has 15 heteroatoms. The summed E-state index contributed by atoms with van der Waals surface area (Å²) in [6.07, 6.45) is 117. The third-order valence-electron chi connectivity index (χ3n) is 21.0. The third kappa shape index (κ3) is 140. The van der Waals surface area contributed by atoms with Gasteiger partial charge in [-0.2, -0.15) is 13.5 Å². The number of rotatable bonds is 88. The molecule has 0 unspecified atom stereocenters. The van der Waals surface area contributed by atoms with Crippen LogP contribution in [0, 0.1) is 0 Å². The Hall–Kier alpha value is 0.187. The topological polar surface area (TPSA) is 105 Å². The first kappa shape index (κ1) is 135. The molecule has 0 saturated heterocycles. The van der Waals surface area contributed by atoms with Gasteiger partial charge < -0.3 is 69.5 Å². The molecule has 4 radical (unpaired) electrons. The molecule has 0 aliphatic rings. The number of hydrogen-bond acceptors (Lipinski definition) is 12. The van der Waals surface area contributed by atoms with Gasteiger partial charge in [-0.15, -0.1) is 23.0 Å². The molecule has 0 aromatic rings. The van der Waals surface area contributed by atoms with Gasteiger partial charge in [0.2, 0.25) is 0 Å². The minimum atomic E-state index is -0.111. The molecule has 0 aliphatic carbocycles. The van der Waals surface area contributed by atoms with E-state index in [0.29, 0.717) is 75.1 Å². The normalized spacial score (nSPS) is 10.9. The second kappa shape index (κ2) is 132. The Morgan fingerprint density at radius 3 is 0.402 bits per heavy atom. The van der Waals surface area contributed by atoms with Crippen LogP contribution in [0.15, 0.2) is 48.6 Å². The summed E-state index contributed by atoms with van der Waals surface area (Å²) in [5.74, 6) is 1.52. The monoisotopic (exact) mass is 1950 g/mol. The van der Waals surface area contributed by atoms with E-state index < -0.39 is 0 Å². The van der Waals surface area contributed by atoms with Crippen molar-refractivity contribution in [1.29, 1.82) is 0 Å². The Morgan fingerprint density at radius 1 is 0.188 bits per heavy atom. The van der Waals surface area contributed by atoms with Crippen LogP contribution < -0.4 is 0 Å². The van der Waals surface area contributed by atoms with Crippen molar-refractivity contribution in [1.82, 2.24) is 0 Å². The Balaban J connectivity index is -0.000000187. The summed E-state index contributed by atoms with van der Waals surface area (Å²) < 4.78 is 19.9. The molecule has 0 amide bonds. The summed E-state index contributed by atoms with van der Waals surface area (Å²) in [7, 11) is 0. The van der Waals surface area contributed by atoms with Crippen molar-refractivity contribution in [3.8, 4) is 0 Å². The molecule has 0 aliphatic heterocycles. The zero-order valence-corrected chi connectivity index (χ0v) is 86.4. The minimum absolute atomic E-state index is 0. The van der Waals surface area contributed by atoms with Crippen LogP contribution >= 0.6 is 13.5 Å². The summed E-state index contributed by atoms with van der Waals surface area (Å²) in [6, 6.07) is 0. The zero-order chi connectivity index (χ0) is 82.2. The third-order valence-corrected chi connectivity index (χ3v) is 21.6. The summed E-state index contributed by atoms with van der Waals surface area (Å²) in [5.41, 5.74) is 0. The first-order valence-corrected chi connectivity index (χ1v) is 51.1. The molecule has 0 aromatic heterocycles. The van der Waals surface area contributed by atoms with Gasteiger partial charge in [-0.1, -0.05) is 451 Å². The van der Waals surface area contributed by atoms with Crippen LogP contribution in [-0.2, 0) is 88.6 Å². The molecule has 117 heavy (non-hydrogen) atoms. The van der Waals surface area contributed by atoms with E-state index in [2.05, 4.69) is 76.3 Å². The van der Waals surface area contributed by atoms with Crippen LogP contribution in [0.2, 0.25) is 0 Å². The molecule has 8 nitrogen and oxygen atoms in total. The molecule has 0 aromatic carbocycles. The Bertz CT molecular complexity index is 1650. The van der Waals surface area contributed by atoms with E-state index in [9.17, 15) is 19.2 Å².